The maximum absolute atomic E-state index is 13.2. The minimum Gasteiger partial charge on any atom is -0.497 e. The lowest BCUT2D eigenvalue weighted by Gasteiger charge is -2.29. The summed E-state index contributed by atoms with van der Waals surface area (Å²) in [5.41, 5.74) is 4.11. The molecule has 0 fully saturated rings. The molecule has 0 spiro atoms. The molecule has 0 saturated heterocycles. The van der Waals surface area contributed by atoms with Crippen molar-refractivity contribution in [3.8, 4) is 11.5 Å². The molecule has 0 aromatic heterocycles. The first kappa shape index (κ1) is 25.2. The van der Waals surface area contributed by atoms with E-state index in [0.717, 1.165) is 28.0 Å². The number of amides is 2. The zero-order chi connectivity index (χ0) is 23.8. The molecule has 0 unspecified atom stereocenters. The zero-order valence-corrected chi connectivity index (χ0v) is 20.3. The molecule has 2 amide bonds. The van der Waals surface area contributed by atoms with Gasteiger partial charge >= 0.3 is 0 Å². The molecule has 2 aromatic rings. The van der Waals surface area contributed by atoms with Gasteiger partial charge in [-0.3, -0.25) is 9.59 Å². The van der Waals surface area contributed by atoms with Crippen LogP contribution in [0.25, 0.3) is 0 Å². The van der Waals surface area contributed by atoms with Gasteiger partial charge in [-0.25, -0.2) is 0 Å². The van der Waals surface area contributed by atoms with Gasteiger partial charge in [-0.2, -0.15) is 0 Å². The van der Waals surface area contributed by atoms with E-state index in [1.165, 1.54) is 0 Å². The molecule has 32 heavy (non-hydrogen) atoms. The molecule has 6 nitrogen and oxygen atoms in total. The Morgan fingerprint density at radius 2 is 1.69 bits per heavy atom. The third-order valence-corrected chi connectivity index (χ3v) is 5.48. The Hall–Kier alpha value is -3.02. The van der Waals surface area contributed by atoms with E-state index in [0.29, 0.717) is 24.8 Å². The van der Waals surface area contributed by atoms with Crippen LogP contribution in [0.5, 0.6) is 11.5 Å². The number of aryl methyl sites for hydroxylation is 2. The second kappa shape index (κ2) is 11.6. The topological polar surface area (TPSA) is 67.9 Å². The fourth-order valence-corrected chi connectivity index (χ4v) is 3.34. The predicted octanol–water partition coefficient (Wildman–Crippen LogP) is 4.19. The van der Waals surface area contributed by atoms with Crippen molar-refractivity contribution in [1.82, 2.24) is 10.2 Å². The number of nitrogens with zero attached hydrogens (tertiary/aromatic N) is 1. The third-order valence-electron chi connectivity index (χ3n) is 5.48. The summed E-state index contributed by atoms with van der Waals surface area (Å²) in [5, 5.41) is 2.93. The van der Waals surface area contributed by atoms with Crippen LogP contribution in [0.15, 0.2) is 36.4 Å². The number of nitrogens with one attached hydrogen (secondary N) is 1. The van der Waals surface area contributed by atoms with Crippen LogP contribution in [-0.2, 0) is 16.1 Å². The first-order valence-electron chi connectivity index (χ1n) is 11.0. The molecule has 0 bridgehead atoms. The zero-order valence-electron chi connectivity index (χ0n) is 20.3. The van der Waals surface area contributed by atoms with Gasteiger partial charge in [-0.1, -0.05) is 32.0 Å². The third kappa shape index (κ3) is 7.01. The highest BCUT2D eigenvalue weighted by Gasteiger charge is 2.26. The Balaban J connectivity index is 2.19. The number of hydrogen-bond donors (Lipinski definition) is 1. The second-order valence-electron chi connectivity index (χ2n) is 8.68. The molecule has 0 aliphatic heterocycles. The molecule has 6 heteroatoms. The molecule has 1 N–H and O–H groups in total. The van der Waals surface area contributed by atoms with E-state index in [4.69, 9.17) is 9.47 Å². The molecular weight excluding hydrogens is 404 g/mol. The van der Waals surface area contributed by atoms with Gasteiger partial charge in [-0.05, 0) is 74.1 Å². The SMILES string of the molecule is COc1ccc(CN(C(=O)COc2cc(C)cc(C)c2C)[C@@H](C)C(=O)NCC(C)C)cc1. The Kier molecular flexibility index (Phi) is 9.12. The number of methoxy groups -OCH3 is 1. The van der Waals surface area contributed by atoms with Crippen molar-refractivity contribution in [2.45, 2.75) is 54.1 Å². The van der Waals surface area contributed by atoms with E-state index in [-0.39, 0.29) is 18.4 Å². The van der Waals surface area contributed by atoms with E-state index in [9.17, 15) is 9.59 Å². The average molecular weight is 441 g/mol. The summed E-state index contributed by atoms with van der Waals surface area (Å²) in [7, 11) is 1.61. The summed E-state index contributed by atoms with van der Waals surface area (Å²) >= 11 is 0. The van der Waals surface area contributed by atoms with Crippen LogP contribution in [0.1, 0.15) is 43.0 Å². The van der Waals surface area contributed by atoms with Crippen molar-refractivity contribution >= 4 is 11.8 Å². The number of benzene rings is 2. The molecule has 2 rings (SSSR count). The van der Waals surface area contributed by atoms with E-state index < -0.39 is 6.04 Å². The molecule has 0 radical (unpaired) electrons. The van der Waals surface area contributed by atoms with Crippen molar-refractivity contribution in [3.63, 3.8) is 0 Å². The number of hydrogen-bond acceptors (Lipinski definition) is 4. The summed E-state index contributed by atoms with van der Waals surface area (Å²) in [4.78, 5) is 27.5. The number of ether oxygens (including phenoxy) is 2. The second-order valence-corrected chi connectivity index (χ2v) is 8.68. The monoisotopic (exact) mass is 440 g/mol. The van der Waals surface area contributed by atoms with Gasteiger partial charge in [0.1, 0.15) is 17.5 Å². The molecule has 174 valence electrons. The van der Waals surface area contributed by atoms with Crippen LogP contribution in [0.3, 0.4) is 0 Å². The lowest BCUT2D eigenvalue weighted by molar-refractivity contribution is -0.142. The van der Waals surface area contributed by atoms with Crippen molar-refractivity contribution in [2.75, 3.05) is 20.3 Å². The fraction of sp³-hybridized carbons (Fsp3) is 0.462. The maximum Gasteiger partial charge on any atom is 0.261 e. The average Bonchev–Trinajstić information content (AvgIpc) is 2.76. The normalized spacial score (nSPS) is 11.8. The largest absolute Gasteiger partial charge is 0.497 e. The van der Waals surface area contributed by atoms with Crippen molar-refractivity contribution in [2.24, 2.45) is 5.92 Å². The molecule has 0 aliphatic carbocycles. The molecule has 0 saturated carbocycles. The van der Waals surface area contributed by atoms with Crippen LogP contribution >= 0.6 is 0 Å². The van der Waals surface area contributed by atoms with Crippen LogP contribution in [0, 0.1) is 26.7 Å². The number of carbonyl (C=O) groups is 2. The Bertz CT molecular complexity index is 922. The summed E-state index contributed by atoms with van der Waals surface area (Å²) in [5.74, 6) is 1.34. The summed E-state index contributed by atoms with van der Waals surface area (Å²) in [6.07, 6.45) is 0. The summed E-state index contributed by atoms with van der Waals surface area (Å²) < 4.78 is 11.1. The van der Waals surface area contributed by atoms with Gasteiger partial charge in [0.05, 0.1) is 7.11 Å². The number of carbonyl (C=O) groups excluding carboxylic acids is 2. The molecule has 0 aliphatic rings. The minimum atomic E-state index is -0.632. The lowest BCUT2D eigenvalue weighted by Crippen LogP contribution is -2.49. The van der Waals surface area contributed by atoms with Gasteiger partial charge in [0, 0.05) is 13.1 Å². The van der Waals surface area contributed by atoms with Gasteiger partial charge in [0.15, 0.2) is 6.61 Å². The smallest absolute Gasteiger partial charge is 0.261 e. The number of rotatable bonds is 10. The van der Waals surface area contributed by atoms with Crippen LogP contribution in [0.2, 0.25) is 0 Å². The molecule has 2 aromatic carbocycles. The maximum atomic E-state index is 13.2. The van der Waals surface area contributed by atoms with E-state index in [1.807, 2.05) is 65.0 Å². The first-order valence-corrected chi connectivity index (χ1v) is 11.0. The Morgan fingerprint density at radius 3 is 2.28 bits per heavy atom. The van der Waals surface area contributed by atoms with Gasteiger partial charge in [-0.15, -0.1) is 0 Å². The highest BCUT2D eigenvalue weighted by atomic mass is 16.5. The van der Waals surface area contributed by atoms with E-state index in [2.05, 4.69) is 11.4 Å². The fourth-order valence-electron chi connectivity index (χ4n) is 3.34. The van der Waals surface area contributed by atoms with Crippen LogP contribution in [-0.4, -0.2) is 43.0 Å². The van der Waals surface area contributed by atoms with Crippen LogP contribution in [0.4, 0.5) is 0 Å². The molecule has 1 atom stereocenters. The van der Waals surface area contributed by atoms with Crippen molar-refractivity contribution in [3.05, 3.63) is 58.7 Å². The highest BCUT2D eigenvalue weighted by Crippen LogP contribution is 2.23. The van der Waals surface area contributed by atoms with E-state index >= 15 is 0 Å². The van der Waals surface area contributed by atoms with Crippen molar-refractivity contribution < 1.29 is 19.1 Å². The molecular formula is C26H36N2O4. The van der Waals surface area contributed by atoms with Gasteiger partial charge in [0.25, 0.3) is 5.91 Å². The predicted molar refractivity (Wildman–Crippen MR) is 127 cm³/mol. The molecule has 0 heterocycles. The van der Waals surface area contributed by atoms with E-state index in [1.54, 1.807) is 18.9 Å². The quantitative estimate of drug-likeness (QED) is 0.602. The summed E-state index contributed by atoms with van der Waals surface area (Å²) in [6, 6.07) is 10.9. The lowest BCUT2D eigenvalue weighted by atomic mass is 10.1. The van der Waals surface area contributed by atoms with Gasteiger partial charge in [0.2, 0.25) is 5.91 Å². The van der Waals surface area contributed by atoms with Gasteiger partial charge < -0.3 is 19.7 Å². The first-order chi connectivity index (χ1) is 15.1. The highest BCUT2D eigenvalue weighted by molar-refractivity contribution is 5.88. The Labute approximate surface area is 191 Å². The minimum absolute atomic E-state index is 0.137. The standard InChI is InChI=1S/C26H36N2O4/c1-17(2)14-27-26(30)21(6)28(15-22-8-10-23(31-7)11-9-22)25(29)16-32-24-13-18(3)12-19(4)20(24)5/h8-13,17,21H,14-16H2,1-7H3,(H,27,30)/t21-/m0/s1. The summed E-state index contributed by atoms with van der Waals surface area (Å²) in [6.45, 7) is 12.5. The van der Waals surface area contributed by atoms with Crippen LogP contribution < -0.4 is 14.8 Å². The Morgan fingerprint density at radius 1 is 1.03 bits per heavy atom. The van der Waals surface area contributed by atoms with Crippen molar-refractivity contribution in [1.29, 1.82) is 0 Å².